The quantitative estimate of drug-likeness (QED) is 0.390. The largest absolute Gasteiger partial charge is 0.453 e. The molecule has 12 nitrogen and oxygen atoms in total. The summed E-state index contributed by atoms with van der Waals surface area (Å²) in [5, 5.41) is 12.7. The Balaban J connectivity index is 1.99. The van der Waals surface area contributed by atoms with Gasteiger partial charge in [0, 0.05) is 5.56 Å². The molecule has 0 spiro atoms. The Morgan fingerprint density at radius 3 is 2.34 bits per heavy atom. The van der Waals surface area contributed by atoms with E-state index >= 15 is 0 Å². The molecule has 3 rings (SSSR count). The monoisotopic (exact) mass is 562 g/mol. The normalized spacial score (nSPS) is 11.9. The molecular formula is C24H24Cl2N6O6. The number of nitrogens with two attached hydrogens (primary N) is 1. The number of hydrogen-bond donors (Lipinski definition) is 2. The molecule has 0 amide bonds. The number of nitrogens with zero attached hydrogens (tertiary/aromatic N) is 4. The molecule has 3 aromatic rings. The summed E-state index contributed by atoms with van der Waals surface area (Å²) in [6.45, 7) is 6.77. The summed E-state index contributed by atoms with van der Waals surface area (Å²) < 4.78 is 13.0. The van der Waals surface area contributed by atoms with Crippen molar-refractivity contribution in [2.45, 2.75) is 46.4 Å². The number of nitriles is 1. The summed E-state index contributed by atoms with van der Waals surface area (Å²) >= 11 is 12.8. The SMILES string of the molecule is CC(C)c1cc(Oc2c(Cl)cc(-n3nc(C#N)c(=O)[nH]c3=O)cc2Cl)cn(COC(=O)C(N)C(C)C)c1=O. The first-order chi connectivity index (χ1) is 17.8. The number of rotatable bonds is 8. The minimum absolute atomic E-state index is 0.00575. The summed E-state index contributed by atoms with van der Waals surface area (Å²) in [6.07, 6.45) is 1.33. The third kappa shape index (κ3) is 6.13. The van der Waals surface area contributed by atoms with Crippen molar-refractivity contribution in [1.29, 1.82) is 5.26 Å². The molecule has 0 aliphatic carbocycles. The number of aromatic nitrogens is 4. The molecule has 0 aliphatic heterocycles. The van der Waals surface area contributed by atoms with Crippen LogP contribution in [0.25, 0.3) is 5.69 Å². The molecule has 1 aromatic carbocycles. The van der Waals surface area contributed by atoms with E-state index in [9.17, 15) is 19.2 Å². The van der Waals surface area contributed by atoms with Crippen molar-refractivity contribution in [3.63, 3.8) is 0 Å². The molecule has 0 aliphatic rings. The van der Waals surface area contributed by atoms with E-state index in [2.05, 4.69) is 5.10 Å². The van der Waals surface area contributed by atoms with Crippen LogP contribution in [0.5, 0.6) is 11.5 Å². The molecule has 0 saturated heterocycles. The molecular weight excluding hydrogens is 539 g/mol. The molecule has 0 bridgehead atoms. The van der Waals surface area contributed by atoms with Gasteiger partial charge in [-0.1, -0.05) is 50.9 Å². The van der Waals surface area contributed by atoms with Gasteiger partial charge in [-0.15, -0.1) is 5.10 Å². The van der Waals surface area contributed by atoms with Crippen molar-refractivity contribution in [1.82, 2.24) is 19.3 Å². The summed E-state index contributed by atoms with van der Waals surface area (Å²) in [5.74, 6) is -0.849. The highest BCUT2D eigenvalue weighted by Gasteiger charge is 2.21. The second-order valence-corrected chi connectivity index (χ2v) is 9.71. The second kappa shape index (κ2) is 11.6. The Morgan fingerprint density at radius 1 is 1.16 bits per heavy atom. The third-order valence-electron chi connectivity index (χ3n) is 5.43. The van der Waals surface area contributed by atoms with Gasteiger partial charge >= 0.3 is 11.7 Å². The molecule has 0 saturated carbocycles. The van der Waals surface area contributed by atoms with Gasteiger partial charge in [0.2, 0.25) is 5.69 Å². The topological polar surface area (TPSA) is 175 Å². The third-order valence-corrected chi connectivity index (χ3v) is 5.99. The Bertz CT molecular complexity index is 1580. The number of carbonyl (C=O) groups excluding carboxylic acids is 1. The molecule has 14 heteroatoms. The fourth-order valence-electron chi connectivity index (χ4n) is 3.23. The van der Waals surface area contributed by atoms with Crippen LogP contribution < -0.4 is 27.3 Å². The minimum Gasteiger partial charge on any atom is -0.453 e. The van der Waals surface area contributed by atoms with Crippen LogP contribution in [0.15, 0.2) is 38.8 Å². The van der Waals surface area contributed by atoms with Crippen LogP contribution in [0.2, 0.25) is 10.0 Å². The number of H-pyrrole nitrogens is 1. The van der Waals surface area contributed by atoms with Crippen LogP contribution in [-0.2, 0) is 16.3 Å². The van der Waals surface area contributed by atoms with E-state index in [4.69, 9.17) is 43.7 Å². The zero-order chi connectivity index (χ0) is 28.3. The number of aromatic amines is 1. The number of esters is 1. The minimum atomic E-state index is -0.932. The first-order valence-electron chi connectivity index (χ1n) is 11.3. The van der Waals surface area contributed by atoms with Crippen molar-refractivity contribution >= 4 is 29.2 Å². The molecule has 2 aromatic heterocycles. The highest BCUT2D eigenvalue weighted by atomic mass is 35.5. The Hall–Kier alpha value is -3.92. The maximum absolute atomic E-state index is 12.9. The average molecular weight is 563 g/mol. The van der Waals surface area contributed by atoms with Crippen LogP contribution in [0, 0.1) is 17.2 Å². The summed E-state index contributed by atoms with van der Waals surface area (Å²) in [6, 6.07) is 4.85. The van der Waals surface area contributed by atoms with Gasteiger partial charge in [0.05, 0.1) is 21.9 Å². The number of pyridine rings is 1. The molecule has 0 fully saturated rings. The van der Waals surface area contributed by atoms with Crippen molar-refractivity contribution < 1.29 is 14.3 Å². The maximum atomic E-state index is 12.9. The van der Waals surface area contributed by atoms with Crippen LogP contribution in [0.4, 0.5) is 0 Å². The van der Waals surface area contributed by atoms with Gasteiger partial charge in [0.1, 0.15) is 17.9 Å². The number of carbonyl (C=O) groups is 1. The van der Waals surface area contributed by atoms with Gasteiger partial charge in [-0.25, -0.2) is 4.79 Å². The van der Waals surface area contributed by atoms with E-state index in [1.165, 1.54) is 29.0 Å². The van der Waals surface area contributed by atoms with E-state index in [0.717, 1.165) is 4.68 Å². The lowest BCUT2D eigenvalue weighted by Gasteiger charge is -2.18. The molecule has 3 N–H and O–H groups in total. The van der Waals surface area contributed by atoms with Crippen molar-refractivity contribution in [2.24, 2.45) is 11.7 Å². The smallest absolute Gasteiger partial charge is 0.349 e. The van der Waals surface area contributed by atoms with Crippen molar-refractivity contribution in [2.75, 3.05) is 0 Å². The van der Waals surface area contributed by atoms with Crippen LogP contribution in [0.3, 0.4) is 0 Å². The lowest BCUT2D eigenvalue weighted by Crippen LogP contribution is -2.38. The van der Waals surface area contributed by atoms with Gasteiger partial charge in [-0.3, -0.25) is 23.9 Å². The predicted octanol–water partition coefficient (Wildman–Crippen LogP) is 2.66. The van der Waals surface area contributed by atoms with Gasteiger partial charge in [-0.2, -0.15) is 9.94 Å². The maximum Gasteiger partial charge on any atom is 0.349 e. The Kier molecular flexibility index (Phi) is 8.78. The second-order valence-electron chi connectivity index (χ2n) is 8.90. The summed E-state index contributed by atoms with van der Waals surface area (Å²) in [5.41, 5.74) is 3.50. The van der Waals surface area contributed by atoms with E-state index in [1.54, 1.807) is 19.9 Å². The predicted molar refractivity (Wildman–Crippen MR) is 139 cm³/mol. The number of benzene rings is 1. The lowest BCUT2D eigenvalue weighted by atomic mass is 10.1. The van der Waals surface area contributed by atoms with Crippen LogP contribution in [0.1, 0.15) is 44.9 Å². The molecule has 1 unspecified atom stereocenters. The van der Waals surface area contributed by atoms with Crippen LogP contribution in [-0.4, -0.2) is 31.3 Å². The Labute approximate surface area is 226 Å². The fraction of sp³-hybridized carbons (Fsp3) is 0.333. The highest BCUT2D eigenvalue weighted by molar-refractivity contribution is 6.37. The van der Waals surface area contributed by atoms with Crippen molar-refractivity contribution in [3.05, 3.63) is 76.9 Å². The first-order valence-corrected chi connectivity index (χ1v) is 12.1. The summed E-state index contributed by atoms with van der Waals surface area (Å²) in [4.78, 5) is 50.9. The number of hydrogen-bond acceptors (Lipinski definition) is 9. The van der Waals surface area contributed by atoms with Crippen molar-refractivity contribution in [3.8, 4) is 23.3 Å². The summed E-state index contributed by atoms with van der Waals surface area (Å²) in [7, 11) is 0. The zero-order valence-electron chi connectivity index (χ0n) is 20.8. The van der Waals surface area contributed by atoms with Crippen LogP contribution >= 0.6 is 23.2 Å². The highest BCUT2D eigenvalue weighted by Crippen LogP contribution is 2.38. The zero-order valence-corrected chi connectivity index (χ0v) is 22.3. The number of nitrogens with one attached hydrogen (secondary N) is 1. The molecule has 0 radical (unpaired) electrons. The van der Waals surface area contributed by atoms with E-state index in [-0.39, 0.29) is 44.6 Å². The molecule has 1 atom stereocenters. The van der Waals surface area contributed by atoms with Gasteiger partial charge in [0.15, 0.2) is 12.5 Å². The fourth-order valence-corrected chi connectivity index (χ4v) is 3.78. The molecule has 200 valence electrons. The van der Waals surface area contributed by atoms with E-state index < -0.39 is 35.7 Å². The molecule has 38 heavy (non-hydrogen) atoms. The van der Waals surface area contributed by atoms with E-state index in [1.807, 2.05) is 18.8 Å². The number of halogens is 2. The average Bonchev–Trinajstić information content (AvgIpc) is 2.85. The Morgan fingerprint density at radius 2 is 1.79 bits per heavy atom. The molecule has 2 heterocycles. The lowest BCUT2D eigenvalue weighted by molar-refractivity contribution is -0.150. The van der Waals surface area contributed by atoms with Gasteiger partial charge in [-0.05, 0) is 30.0 Å². The van der Waals surface area contributed by atoms with Gasteiger partial charge in [0.25, 0.3) is 11.1 Å². The number of ether oxygens (including phenoxy) is 2. The van der Waals surface area contributed by atoms with Gasteiger partial charge < -0.3 is 15.2 Å². The first kappa shape index (κ1) is 28.6. The standard InChI is InChI=1S/C24H24Cl2N6O6/c1-11(2)15-7-14(9-31(22(15)34)10-37-23(35)19(28)12(3)4)38-20-16(25)5-13(6-17(20)26)32-24(36)29-21(33)18(8-27)30-32/h5-7,9,11-12,19H,10,28H2,1-4H3,(H,29,33,36). The van der Waals surface area contributed by atoms with E-state index in [0.29, 0.717) is 5.56 Å².